The smallest absolute Gasteiger partial charge is 0.243 e. The number of aliphatic imine (C=N–C) groups is 1. The lowest BCUT2D eigenvalue weighted by molar-refractivity contribution is -0.146. The van der Waals surface area contributed by atoms with Crippen molar-refractivity contribution < 1.29 is 29.3 Å². The van der Waals surface area contributed by atoms with Gasteiger partial charge in [0.1, 0.15) is 30.2 Å². The van der Waals surface area contributed by atoms with Crippen LogP contribution in [0.5, 0.6) is 5.75 Å². The highest BCUT2D eigenvalue weighted by atomic mass is 32.1. The standard InChI is InChI=1S/C53H67N13O6S/c1-31(2)47(52(71)66-29-39(67)24-43(66)51(70)60-32(3)34-10-12-36(13-11-34)49-33(4)59-30-73-49)45(69)26-46(54)72-23-22-64-18-14-35(15-19-64)37-27-57-53(58-28-37)65-20-16-38(17-21-65)61-42-25-41(40-8-6-7-9-44(40)68)62-63-48(42)50(55)56-5/h6-13,25-28,30-32,35,38-39,43,47,67-68H,14-24,29,54H2,1-5H3,(H2,55,56)(H,60,70)(H,61,62)/t32-,39+,43-,47?/m0/s1. The third-order valence-corrected chi connectivity index (χ3v) is 15.1. The third kappa shape index (κ3) is 12.6. The number of nitrogens with one attached hydrogen (secondary N) is 2. The highest BCUT2D eigenvalue weighted by molar-refractivity contribution is 7.13. The van der Waals surface area contributed by atoms with Crippen molar-refractivity contribution in [1.82, 2.24) is 40.3 Å². The average molecular weight is 1010 g/mol. The summed E-state index contributed by atoms with van der Waals surface area (Å²) in [6, 6.07) is 15.6. The number of benzene rings is 2. The molecule has 3 saturated heterocycles. The van der Waals surface area contributed by atoms with Crippen LogP contribution >= 0.6 is 11.3 Å². The fraction of sp³-hybridized carbons (Fsp3) is 0.453. The van der Waals surface area contributed by atoms with Gasteiger partial charge in [0.25, 0.3) is 0 Å². The van der Waals surface area contributed by atoms with E-state index in [0.29, 0.717) is 41.0 Å². The number of aryl methyl sites for hydroxylation is 1. The van der Waals surface area contributed by atoms with Gasteiger partial charge in [-0.15, -0.1) is 21.5 Å². The number of aliphatic hydroxyl groups is 1. The lowest BCUT2D eigenvalue weighted by atomic mass is 9.89. The zero-order chi connectivity index (χ0) is 51.8. The van der Waals surface area contributed by atoms with Crippen LogP contribution in [0.4, 0.5) is 11.6 Å². The van der Waals surface area contributed by atoms with Crippen molar-refractivity contribution in [2.75, 3.05) is 63.1 Å². The molecule has 2 aromatic carbocycles. The first kappa shape index (κ1) is 52.3. The van der Waals surface area contributed by atoms with E-state index in [4.69, 9.17) is 26.2 Å². The van der Waals surface area contributed by atoms with E-state index in [1.54, 1.807) is 50.4 Å². The van der Waals surface area contributed by atoms with Crippen LogP contribution in [-0.2, 0) is 19.1 Å². The van der Waals surface area contributed by atoms with Crippen LogP contribution in [0.15, 0.2) is 89.5 Å². The maximum Gasteiger partial charge on any atom is 0.243 e. The molecule has 0 saturated carbocycles. The lowest BCUT2D eigenvalue weighted by Crippen LogP contribution is -2.50. The average Bonchev–Trinajstić information content (AvgIpc) is 4.01. The Bertz CT molecular complexity index is 2770. The Hall–Kier alpha value is -7.03. The van der Waals surface area contributed by atoms with Crippen LogP contribution in [0, 0.1) is 18.8 Å². The summed E-state index contributed by atoms with van der Waals surface area (Å²) in [6.45, 7) is 11.4. The SMILES string of the molecule is CN=C(N)c1nnc(-c2ccccc2O)cc1NC1CCN(c2ncc(C3CCN(CCOC(N)=CC(=O)C(C(=O)N4C[C@H](O)C[C@H]4C(=O)N[C@@H](C)c4ccc(-c5scnc5C)cc4)C(C)C)CC3)cn2)CC1. The third-order valence-electron chi connectivity index (χ3n) is 14.2. The summed E-state index contributed by atoms with van der Waals surface area (Å²) < 4.78 is 5.80. The van der Waals surface area contributed by atoms with E-state index < -0.39 is 41.6 Å². The second kappa shape index (κ2) is 23.7. The number of carbonyl (C=O) groups is 3. The normalized spacial score (nSPS) is 19.2. The molecule has 2 amide bonds. The number of nitrogens with two attached hydrogens (primary N) is 2. The molecule has 8 N–H and O–H groups in total. The molecule has 19 nitrogen and oxygen atoms in total. The number of phenolic OH excluding ortho intramolecular Hbond substituents is 1. The quantitative estimate of drug-likeness (QED) is 0.0218. The molecule has 0 aliphatic carbocycles. The molecule has 1 unspecified atom stereocenters. The number of ether oxygens (including phenoxy) is 1. The molecule has 0 spiro atoms. The minimum Gasteiger partial charge on any atom is -0.507 e. The molecule has 3 aliphatic heterocycles. The molecule has 20 heteroatoms. The number of aliphatic hydroxyl groups excluding tert-OH is 1. The van der Waals surface area contributed by atoms with Gasteiger partial charge in [-0.2, -0.15) is 0 Å². The van der Waals surface area contributed by atoms with Crippen molar-refractivity contribution in [3.63, 3.8) is 0 Å². The van der Waals surface area contributed by atoms with Crippen molar-refractivity contribution in [2.24, 2.45) is 28.3 Å². The minimum absolute atomic E-state index is 0.0557. The summed E-state index contributed by atoms with van der Waals surface area (Å²) in [5.74, 6) is -1.63. The van der Waals surface area contributed by atoms with Gasteiger partial charge in [0.05, 0.1) is 39.6 Å². The number of β-amino-alcohol motifs (C(OH)–C–C–N with tert-alkyl or cyclic N) is 1. The van der Waals surface area contributed by atoms with Crippen LogP contribution in [-0.4, -0.2) is 140 Å². The number of rotatable bonds is 18. The van der Waals surface area contributed by atoms with Crippen LogP contribution in [0.25, 0.3) is 21.7 Å². The number of amidine groups is 1. The monoisotopic (exact) mass is 1010 g/mol. The van der Waals surface area contributed by atoms with Crippen molar-refractivity contribution in [1.29, 1.82) is 0 Å². The number of amides is 2. The number of hydrogen-bond donors (Lipinski definition) is 6. The fourth-order valence-corrected chi connectivity index (χ4v) is 10.7. The van der Waals surface area contributed by atoms with Crippen molar-refractivity contribution >= 4 is 46.4 Å². The van der Waals surface area contributed by atoms with Crippen LogP contribution in [0.3, 0.4) is 0 Å². The Morgan fingerprint density at radius 3 is 2.33 bits per heavy atom. The predicted molar refractivity (Wildman–Crippen MR) is 282 cm³/mol. The fourth-order valence-electron chi connectivity index (χ4n) is 9.94. The van der Waals surface area contributed by atoms with Gasteiger partial charge < -0.3 is 46.9 Å². The molecule has 3 aliphatic rings. The number of hydrogen-bond acceptors (Lipinski definition) is 17. The Labute approximate surface area is 430 Å². The molecule has 0 radical (unpaired) electrons. The number of aromatic nitrogens is 5. The number of nitrogens with zero attached hydrogens (tertiary/aromatic N) is 9. The van der Waals surface area contributed by atoms with Crippen LogP contribution in [0.2, 0.25) is 0 Å². The first-order valence-corrected chi connectivity index (χ1v) is 25.9. The Kier molecular flexibility index (Phi) is 17.0. The zero-order valence-corrected chi connectivity index (χ0v) is 43.0. The second-order valence-electron chi connectivity index (χ2n) is 19.5. The number of thiazole rings is 1. The van der Waals surface area contributed by atoms with E-state index in [1.807, 2.05) is 68.1 Å². The van der Waals surface area contributed by atoms with Crippen molar-refractivity contribution in [2.45, 2.75) is 89.9 Å². The highest BCUT2D eigenvalue weighted by Gasteiger charge is 2.44. The number of piperidine rings is 2. The Morgan fingerprint density at radius 1 is 0.959 bits per heavy atom. The molecule has 3 fully saturated rings. The van der Waals surface area contributed by atoms with Gasteiger partial charge in [-0.3, -0.25) is 24.3 Å². The number of allylic oxidation sites excluding steroid dienone is 1. The van der Waals surface area contributed by atoms with Gasteiger partial charge in [-0.25, -0.2) is 15.0 Å². The second-order valence-corrected chi connectivity index (χ2v) is 20.3. The Morgan fingerprint density at radius 2 is 1.67 bits per heavy atom. The first-order chi connectivity index (χ1) is 35.2. The minimum atomic E-state index is -1.12. The van der Waals surface area contributed by atoms with Crippen LogP contribution in [0.1, 0.15) is 87.3 Å². The zero-order valence-electron chi connectivity index (χ0n) is 42.1. The summed E-state index contributed by atoms with van der Waals surface area (Å²) in [5, 5.41) is 36.4. The number of ketones is 1. The number of carbonyl (C=O) groups excluding carboxylic acids is 3. The van der Waals surface area contributed by atoms with E-state index in [-0.39, 0.29) is 49.1 Å². The van der Waals surface area contributed by atoms with E-state index >= 15 is 0 Å². The summed E-state index contributed by atoms with van der Waals surface area (Å²) in [4.78, 5) is 66.3. The molecule has 3 aromatic heterocycles. The number of phenols is 1. The van der Waals surface area contributed by atoms with Gasteiger partial charge in [-0.05, 0) is 99.3 Å². The van der Waals surface area contributed by atoms with Crippen molar-refractivity contribution in [3.05, 3.63) is 107 Å². The van der Waals surface area contributed by atoms with Gasteiger partial charge in [0, 0.05) is 69.7 Å². The molecule has 4 atom stereocenters. The lowest BCUT2D eigenvalue weighted by Gasteiger charge is -2.34. The molecular formula is C53H67N13O6S. The molecule has 5 aromatic rings. The number of likely N-dealkylation sites (tertiary alicyclic amines) is 2. The molecule has 0 bridgehead atoms. The maximum absolute atomic E-state index is 14.1. The summed E-state index contributed by atoms with van der Waals surface area (Å²) >= 11 is 1.57. The topological polar surface area (TPSA) is 264 Å². The number of anilines is 2. The van der Waals surface area contributed by atoms with Gasteiger partial charge >= 0.3 is 0 Å². The van der Waals surface area contributed by atoms with E-state index in [1.165, 1.54) is 11.0 Å². The summed E-state index contributed by atoms with van der Waals surface area (Å²) in [6.07, 6.45) is 7.75. The highest BCUT2D eigenvalue weighted by Crippen LogP contribution is 2.33. The predicted octanol–water partition coefficient (Wildman–Crippen LogP) is 5.16. The maximum atomic E-state index is 14.1. The van der Waals surface area contributed by atoms with Gasteiger partial charge in [-0.1, -0.05) is 50.2 Å². The van der Waals surface area contributed by atoms with E-state index in [9.17, 15) is 24.6 Å². The molecule has 386 valence electrons. The van der Waals surface area contributed by atoms with E-state index in [0.717, 1.165) is 79.1 Å². The number of aromatic hydroxyl groups is 1. The van der Waals surface area contributed by atoms with E-state index in [2.05, 4.69) is 40.6 Å². The van der Waals surface area contributed by atoms with Gasteiger partial charge in [0.2, 0.25) is 17.8 Å². The molecular weight excluding hydrogens is 947 g/mol. The molecule has 73 heavy (non-hydrogen) atoms. The number of para-hydroxylation sites is 1. The first-order valence-electron chi connectivity index (χ1n) is 25.0. The molecule has 6 heterocycles. The largest absolute Gasteiger partial charge is 0.507 e. The van der Waals surface area contributed by atoms with Crippen LogP contribution < -0.4 is 27.0 Å². The van der Waals surface area contributed by atoms with Gasteiger partial charge in [0.15, 0.2) is 17.4 Å². The molecule has 8 rings (SSSR count). The Balaban J connectivity index is 0.771. The van der Waals surface area contributed by atoms with Crippen molar-refractivity contribution in [3.8, 4) is 27.4 Å². The summed E-state index contributed by atoms with van der Waals surface area (Å²) in [5.41, 5.74) is 20.5. The summed E-state index contributed by atoms with van der Waals surface area (Å²) in [7, 11) is 1.61.